The van der Waals surface area contributed by atoms with Crippen LogP contribution in [0.1, 0.15) is 12.5 Å². The molecule has 0 aliphatic heterocycles. The molecule has 4 heteroatoms. The highest BCUT2D eigenvalue weighted by molar-refractivity contribution is 8.00. The van der Waals surface area contributed by atoms with E-state index in [0.717, 1.165) is 10.5 Å². The predicted molar refractivity (Wildman–Crippen MR) is 59.9 cm³/mol. The first kappa shape index (κ1) is 11.1. The normalized spacial score (nSPS) is 12.4. The number of benzene rings is 1. The number of nitrogens with two attached hydrogens (primary N) is 1. The maximum absolute atomic E-state index is 8.92. The number of nitrogen functional groups attached to an aromatic ring is 1. The van der Waals surface area contributed by atoms with Crippen molar-refractivity contribution in [2.45, 2.75) is 17.1 Å². The van der Waals surface area contributed by atoms with Gasteiger partial charge in [0.15, 0.2) is 0 Å². The lowest BCUT2D eigenvalue weighted by molar-refractivity contribution is 0.300. The van der Waals surface area contributed by atoms with Gasteiger partial charge in [-0.15, -0.1) is 11.8 Å². The number of thioether (sulfide) groups is 1. The zero-order valence-corrected chi connectivity index (χ0v) is 8.84. The molecule has 0 spiro atoms. The molecule has 1 rings (SSSR count). The SMILES string of the molecule is CC(CO)Sc1ccccc1C(=N)N. The summed E-state index contributed by atoms with van der Waals surface area (Å²) in [5.74, 6) is 0.0678. The van der Waals surface area contributed by atoms with Gasteiger partial charge in [-0.1, -0.05) is 25.1 Å². The molecule has 76 valence electrons. The van der Waals surface area contributed by atoms with E-state index in [9.17, 15) is 0 Å². The average Bonchev–Trinajstić information content (AvgIpc) is 2.18. The first-order chi connectivity index (χ1) is 6.65. The summed E-state index contributed by atoms with van der Waals surface area (Å²) >= 11 is 1.53. The minimum Gasteiger partial charge on any atom is -0.395 e. The van der Waals surface area contributed by atoms with Crippen LogP contribution < -0.4 is 5.73 Å². The highest BCUT2D eigenvalue weighted by Gasteiger charge is 2.08. The van der Waals surface area contributed by atoms with Crippen LogP contribution >= 0.6 is 11.8 Å². The fraction of sp³-hybridized carbons (Fsp3) is 0.300. The van der Waals surface area contributed by atoms with Crippen molar-refractivity contribution in [3.05, 3.63) is 29.8 Å². The van der Waals surface area contributed by atoms with Gasteiger partial charge in [0.05, 0.1) is 6.61 Å². The molecule has 14 heavy (non-hydrogen) atoms. The number of aliphatic hydroxyl groups is 1. The average molecular weight is 210 g/mol. The Balaban J connectivity index is 2.90. The molecule has 1 aromatic carbocycles. The van der Waals surface area contributed by atoms with Crippen LogP contribution in [0.2, 0.25) is 0 Å². The van der Waals surface area contributed by atoms with Gasteiger partial charge in [-0.3, -0.25) is 5.41 Å². The van der Waals surface area contributed by atoms with Crippen LogP contribution in [0.3, 0.4) is 0 Å². The highest BCUT2D eigenvalue weighted by Crippen LogP contribution is 2.26. The van der Waals surface area contributed by atoms with Crippen molar-refractivity contribution < 1.29 is 5.11 Å². The van der Waals surface area contributed by atoms with Crippen LogP contribution in [0.5, 0.6) is 0 Å². The van der Waals surface area contributed by atoms with Crippen LogP contribution in [0.15, 0.2) is 29.2 Å². The Kier molecular flexibility index (Phi) is 3.98. The van der Waals surface area contributed by atoms with Gasteiger partial charge in [-0.2, -0.15) is 0 Å². The standard InChI is InChI=1S/C10H14N2OS/c1-7(6-13)14-9-5-3-2-4-8(9)10(11)12/h2-5,7,13H,6H2,1H3,(H3,11,12). The summed E-state index contributed by atoms with van der Waals surface area (Å²) in [6.45, 7) is 2.05. The quantitative estimate of drug-likeness (QED) is 0.400. The number of aliphatic hydroxyl groups excluding tert-OH is 1. The van der Waals surface area contributed by atoms with E-state index in [-0.39, 0.29) is 17.7 Å². The van der Waals surface area contributed by atoms with Crippen molar-refractivity contribution in [2.75, 3.05) is 6.61 Å². The molecule has 0 aliphatic rings. The zero-order valence-electron chi connectivity index (χ0n) is 8.03. The summed E-state index contributed by atoms with van der Waals surface area (Å²) in [7, 11) is 0. The second-order valence-electron chi connectivity index (χ2n) is 3.02. The molecule has 0 saturated carbocycles. The second kappa shape index (κ2) is 5.02. The first-order valence-electron chi connectivity index (χ1n) is 4.36. The number of hydrogen-bond donors (Lipinski definition) is 3. The maximum Gasteiger partial charge on any atom is 0.123 e. The summed E-state index contributed by atoms with van der Waals surface area (Å²) < 4.78 is 0. The summed E-state index contributed by atoms with van der Waals surface area (Å²) in [5, 5.41) is 16.4. The van der Waals surface area contributed by atoms with Crippen LogP contribution in [0.25, 0.3) is 0 Å². The summed E-state index contributed by atoms with van der Waals surface area (Å²) in [4.78, 5) is 0.946. The van der Waals surface area contributed by atoms with Crippen molar-refractivity contribution in [2.24, 2.45) is 5.73 Å². The molecule has 4 N–H and O–H groups in total. The van der Waals surface area contributed by atoms with Gasteiger partial charge in [-0.25, -0.2) is 0 Å². The predicted octanol–water partition coefficient (Wildman–Crippen LogP) is 1.44. The van der Waals surface area contributed by atoms with Crippen molar-refractivity contribution >= 4 is 17.6 Å². The van der Waals surface area contributed by atoms with Gasteiger partial charge >= 0.3 is 0 Å². The number of amidine groups is 1. The van der Waals surface area contributed by atoms with Gasteiger partial charge in [-0.05, 0) is 6.07 Å². The third kappa shape index (κ3) is 2.75. The Morgan fingerprint density at radius 3 is 2.79 bits per heavy atom. The monoisotopic (exact) mass is 210 g/mol. The summed E-state index contributed by atoms with van der Waals surface area (Å²) in [6, 6.07) is 7.48. The number of nitrogens with one attached hydrogen (secondary N) is 1. The summed E-state index contributed by atoms with van der Waals surface area (Å²) in [6.07, 6.45) is 0. The molecule has 0 saturated heterocycles. The topological polar surface area (TPSA) is 70.1 Å². The lowest BCUT2D eigenvalue weighted by atomic mass is 10.2. The Morgan fingerprint density at radius 1 is 1.57 bits per heavy atom. The maximum atomic E-state index is 8.92. The fourth-order valence-electron chi connectivity index (χ4n) is 1.05. The van der Waals surface area contributed by atoms with E-state index < -0.39 is 0 Å². The van der Waals surface area contributed by atoms with Crippen molar-refractivity contribution in [1.82, 2.24) is 0 Å². The fourth-order valence-corrected chi connectivity index (χ4v) is 2.02. The third-order valence-corrected chi connectivity index (χ3v) is 2.92. The van der Waals surface area contributed by atoms with Crippen LogP contribution in [-0.4, -0.2) is 22.8 Å². The zero-order chi connectivity index (χ0) is 10.6. The largest absolute Gasteiger partial charge is 0.395 e. The van der Waals surface area contributed by atoms with Crippen molar-refractivity contribution in [3.63, 3.8) is 0 Å². The van der Waals surface area contributed by atoms with E-state index in [1.54, 1.807) is 0 Å². The van der Waals surface area contributed by atoms with E-state index >= 15 is 0 Å². The number of hydrogen-bond acceptors (Lipinski definition) is 3. The third-order valence-electron chi connectivity index (χ3n) is 1.76. The molecule has 0 heterocycles. The van der Waals surface area contributed by atoms with E-state index in [4.69, 9.17) is 16.2 Å². The van der Waals surface area contributed by atoms with Gasteiger partial charge in [0.1, 0.15) is 5.84 Å². The van der Waals surface area contributed by atoms with Gasteiger partial charge in [0.2, 0.25) is 0 Å². The molecular formula is C10H14N2OS. The Hall–Kier alpha value is -1.00. The van der Waals surface area contributed by atoms with E-state index in [1.807, 2.05) is 31.2 Å². The van der Waals surface area contributed by atoms with E-state index in [0.29, 0.717) is 0 Å². The van der Waals surface area contributed by atoms with E-state index in [1.165, 1.54) is 11.8 Å². The van der Waals surface area contributed by atoms with Crippen LogP contribution in [-0.2, 0) is 0 Å². The van der Waals surface area contributed by atoms with Crippen molar-refractivity contribution in [1.29, 1.82) is 5.41 Å². The Morgan fingerprint density at radius 2 is 2.21 bits per heavy atom. The van der Waals surface area contributed by atoms with E-state index in [2.05, 4.69) is 0 Å². The molecule has 1 unspecified atom stereocenters. The van der Waals surface area contributed by atoms with Gasteiger partial charge in [0, 0.05) is 15.7 Å². The minimum absolute atomic E-state index is 0.0678. The molecule has 0 aliphatic carbocycles. The van der Waals surface area contributed by atoms with Crippen molar-refractivity contribution in [3.8, 4) is 0 Å². The molecule has 0 amide bonds. The van der Waals surface area contributed by atoms with Gasteiger partial charge in [0.25, 0.3) is 0 Å². The molecule has 1 atom stereocenters. The Bertz CT molecular complexity index is 328. The molecule has 1 aromatic rings. The Labute approximate surface area is 87.8 Å². The van der Waals surface area contributed by atoms with Crippen LogP contribution in [0.4, 0.5) is 0 Å². The lowest BCUT2D eigenvalue weighted by Crippen LogP contribution is -2.13. The lowest BCUT2D eigenvalue weighted by Gasteiger charge is -2.11. The molecule has 0 bridgehead atoms. The second-order valence-corrected chi connectivity index (χ2v) is 4.50. The molecular weight excluding hydrogens is 196 g/mol. The van der Waals surface area contributed by atoms with Crippen LogP contribution in [0, 0.1) is 5.41 Å². The molecule has 3 nitrogen and oxygen atoms in total. The molecule has 0 aromatic heterocycles. The smallest absolute Gasteiger partial charge is 0.123 e. The summed E-state index contributed by atoms with van der Waals surface area (Å²) in [5.41, 5.74) is 6.17. The first-order valence-corrected chi connectivity index (χ1v) is 5.24. The number of rotatable bonds is 4. The minimum atomic E-state index is 0.0678. The van der Waals surface area contributed by atoms with Gasteiger partial charge < -0.3 is 10.8 Å². The highest BCUT2D eigenvalue weighted by atomic mass is 32.2. The molecule has 0 fully saturated rings. The molecule has 0 radical (unpaired) electrons.